The van der Waals surface area contributed by atoms with Gasteiger partial charge in [0.2, 0.25) is 0 Å². The van der Waals surface area contributed by atoms with E-state index in [9.17, 15) is 4.79 Å². The average molecular weight is 240 g/mol. The first-order chi connectivity index (χ1) is 8.06. The molecule has 6 nitrogen and oxygen atoms in total. The maximum atomic E-state index is 12.2. The number of aromatic amines is 1. The summed E-state index contributed by atoms with van der Waals surface area (Å²) < 4.78 is 5.00. The van der Waals surface area contributed by atoms with Crippen LogP contribution in [0.3, 0.4) is 0 Å². The number of carbonyl (C=O) groups is 1. The van der Waals surface area contributed by atoms with Crippen molar-refractivity contribution in [2.75, 3.05) is 32.5 Å². The zero-order valence-corrected chi connectivity index (χ0v) is 10.6. The highest BCUT2D eigenvalue weighted by Gasteiger charge is 2.20. The molecule has 17 heavy (non-hydrogen) atoms. The molecule has 1 heterocycles. The molecule has 0 atom stereocenters. The van der Waals surface area contributed by atoms with Crippen LogP contribution in [-0.4, -0.2) is 47.8 Å². The van der Waals surface area contributed by atoms with Crippen LogP contribution in [0.15, 0.2) is 6.20 Å². The van der Waals surface area contributed by atoms with Crippen molar-refractivity contribution < 1.29 is 9.53 Å². The van der Waals surface area contributed by atoms with Gasteiger partial charge in [0.25, 0.3) is 5.91 Å². The number of anilines is 1. The Hall–Kier alpha value is -1.56. The average Bonchev–Trinajstić information content (AvgIpc) is 2.69. The van der Waals surface area contributed by atoms with Crippen molar-refractivity contribution >= 4 is 11.6 Å². The number of amides is 1. The Balaban J connectivity index is 2.75. The molecular weight excluding hydrogens is 220 g/mol. The van der Waals surface area contributed by atoms with Gasteiger partial charge in [0.1, 0.15) is 5.69 Å². The highest BCUT2D eigenvalue weighted by Crippen LogP contribution is 2.11. The Morgan fingerprint density at radius 1 is 1.65 bits per heavy atom. The van der Waals surface area contributed by atoms with E-state index in [-0.39, 0.29) is 5.91 Å². The Morgan fingerprint density at radius 2 is 2.35 bits per heavy atom. The van der Waals surface area contributed by atoms with Gasteiger partial charge in [0, 0.05) is 20.2 Å². The molecular formula is C11H20N4O2. The van der Waals surface area contributed by atoms with E-state index in [2.05, 4.69) is 24.0 Å². The van der Waals surface area contributed by atoms with Crippen LogP contribution >= 0.6 is 0 Å². The summed E-state index contributed by atoms with van der Waals surface area (Å²) in [7, 11) is 1.61. The van der Waals surface area contributed by atoms with Gasteiger partial charge in [-0.1, -0.05) is 13.8 Å². The quantitative estimate of drug-likeness (QED) is 0.768. The Kier molecular flexibility index (Phi) is 4.96. The molecule has 0 aliphatic rings. The molecule has 96 valence electrons. The van der Waals surface area contributed by atoms with Crippen molar-refractivity contribution in [3.8, 4) is 0 Å². The smallest absolute Gasteiger partial charge is 0.274 e. The first kappa shape index (κ1) is 13.5. The van der Waals surface area contributed by atoms with Gasteiger partial charge in [-0.15, -0.1) is 0 Å². The fourth-order valence-electron chi connectivity index (χ4n) is 1.54. The fraction of sp³-hybridized carbons (Fsp3) is 0.636. The van der Waals surface area contributed by atoms with E-state index in [0.717, 1.165) is 0 Å². The minimum Gasteiger partial charge on any atom is -0.396 e. The minimum atomic E-state index is -0.134. The van der Waals surface area contributed by atoms with Gasteiger partial charge in [0.15, 0.2) is 0 Å². The first-order valence-electron chi connectivity index (χ1n) is 5.63. The summed E-state index contributed by atoms with van der Waals surface area (Å²) in [4.78, 5) is 13.9. The summed E-state index contributed by atoms with van der Waals surface area (Å²) in [5.41, 5.74) is 6.39. The van der Waals surface area contributed by atoms with Crippen molar-refractivity contribution in [3.05, 3.63) is 11.9 Å². The number of nitrogens with two attached hydrogens (primary N) is 1. The van der Waals surface area contributed by atoms with E-state index in [1.807, 2.05) is 0 Å². The third kappa shape index (κ3) is 3.74. The molecule has 0 aromatic carbocycles. The number of hydrogen-bond donors (Lipinski definition) is 2. The lowest BCUT2D eigenvalue weighted by molar-refractivity contribution is 0.0667. The zero-order valence-electron chi connectivity index (χ0n) is 10.6. The number of aromatic nitrogens is 2. The number of H-pyrrole nitrogens is 1. The maximum Gasteiger partial charge on any atom is 0.274 e. The highest BCUT2D eigenvalue weighted by atomic mass is 16.5. The molecule has 3 N–H and O–H groups in total. The monoisotopic (exact) mass is 240 g/mol. The van der Waals surface area contributed by atoms with E-state index in [1.165, 1.54) is 6.20 Å². The van der Waals surface area contributed by atoms with E-state index in [4.69, 9.17) is 10.5 Å². The number of nitrogens with zero attached hydrogens (tertiary/aromatic N) is 2. The Labute approximate surface area is 101 Å². The van der Waals surface area contributed by atoms with Gasteiger partial charge in [-0.05, 0) is 5.92 Å². The second-order valence-electron chi connectivity index (χ2n) is 4.34. The second kappa shape index (κ2) is 6.24. The number of rotatable bonds is 6. The van der Waals surface area contributed by atoms with Crippen LogP contribution in [0.25, 0.3) is 0 Å². The molecule has 0 bridgehead atoms. The van der Waals surface area contributed by atoms with Gasteiger partial charge in [-0.3, -0.25) is 9.89 Å². The predicted octanol–water partition coefficient (Wildman–Crippen LogP) is 0.737. The van der Waals surface area contributed by atoms with Gasteiger partial charge in [0.05, 0.1) is 18.5 Å². The number of nitrogens with one attached hydrogen (secondary N) is 1. The van der Waals surface area contributed by atoms with Gasteiger partial charge >= 0.3 is 0 Å². The van der Waals surface area contributed by atoms with Crippen molar-refractivity contribution in [3.63, 3.8) is 0 Å². The third-order valence-corrected chi connectivity index (χ3v) is 2.32. The first-order valence-corrected chi connectivity index (χ1v) is 5.63. The molecule has 0 unspecified atom stereocenters. The van der Waals surface area contributed by atoms with E-state index < -0.39 is 0 Å². The van der Waals surface area contributed by atoms with Crippen molar-refractivity contribution in [1.82, 2.24) is 15.1 Å². The number of hydrogen-bond acceptors (Lipinski definition) is 4. The van der Waals surface area contributed by atoms with Gasteiger partial charge in [-0.25, -0.2) is 0 Å². The predicted molar refractivity (Wildman–Crippen MR) is 65.6 cm³/mol. The minimum absolute atomic E-state index is 0.134. The summed E-state index contributed by atoms with van der Waals surface area (Å²) in [5.74, 6) is 0.255. The van der Waals surface area contributed by atoms with E-state index >= 15 is 0 Å². The van der Waals surface area contributed by atoms with E-state index in [0.29, 0.717) is 37.0 Å². The molecule has 0 saturated carbocycles. The number of carbonyl (C=O) groups excluding carboxylic acids is 1. The van der Waals surface area contributed by atoms with Crippen molar-refractivity contribution in [1.29, 1.82) is 0 Å². The van der Waals surface area contributed by atoms with Crippen LogP contribution in [0.5, 0.6) is 0 Å². The SMILES string of the molecule is COCCN(CC(C)C)C(=O)c1[nH]ncc1N. The van der Waals surface area contributed by atoms with Crippen LogP contribution in [0, 0.1) is 5.92 Å². The van der Waals surface area contributed by atoms with Crippen molar-refractivity contribution in [2.24, 2.45) is 5.92 Å². The normalized spacial score (nSPS) is 10.8. The molecule has 1 aromatic heterocycles. The zero-order chi connectivity index (χ0) is 12.8. The molecule has 0 aliphatic heterocycles. The van der Waals surface area contributed by atoms with Gasteiger partial charge in [-0.2, -0.15) is 5.10 Å². The van der Waals surface area contributed by atoms with Gasteiger partial charge < -0.3 is 15.4 Å². The highest BCUT2D eigenvalue weighted by molar-refractivity contribution is 5.96. The Bertz CT molecular complexity index is 362. The van der Waals surface area contributed by atoms with E-state index in [1.54, 1.807) is 12.0 Å². The molecule has 0 spiro atoms. The third-order valence-electron chi connectivity index (χ3n) is 2.32. The topological polar surface area (TPSA) is 84.2 Å². The number of nitrogen functional groups attached to an aromatic ring is 1. The summed E-state index contributed by atoms with van der Waals surface area (Å²) in [5, 5.41) is 6.38. The summed E-state index contributed by atoms with van der Waals surface area (Å²) in [6.45, 7) is 5.84. The lowest BCUT2D eigenvalue weighted by atomic mass is 10.2. The molecule has 0 fully saturated rings. The van der Waals surface area contributed by atoms with Crippen LogP contribution < -0.4 is 5.73 Å². The molecule has 0 saturated heterocycles. The fourth-order valence-corrected chi connectivity index (χ4v) is 1.54. The number of methoxy groups -OCH3 is 1. The molecule has 1 amide bonds. The standard InChI is InChI=1S/C11H20N4O2/c1-8(2)7-15(4-5-17-3)11(16)10-9(12)6-13-14-10/h6,8H,4-5,7,12H2,1-3H3,(H,13,14). The molecule has 1 rings (SSSR count). The van der Waals surface area contributed by atoms with Crippen LogP contribution in [0.4, 0.5) is 5.69 Å². The number of ether oxygens (including phenoxy) is 1. The maximum absolute atomic E-state index is 12.2. The summed E-state index contributed by atoms with van der Waals surface area (Å²) in [6.07, 6.45) is 1.44. The molecule has 0 aliphatic carbocycles. The van der Waals surface area contributed by atoms with Crippen LogP contribution in [0.1, 0.15) is 24.3 Å². The second-order valence-corrected chi connectivity index (χ2v) is 4.34. The van der Waals surface area contributed by atoms with Crippen LogP contribution in [0.2, 0.25) is 0 Å². The van der Waals surface area contributed by atoms with Crippen LogP contribution in [-0.2, 0) is 4.74 Å². The lowest BCUT2D eigenvalue weighted by Gasteiger charge is -2.23. The summed E-state index contributed by atoms with van der Waals surface area (Å²) in [6, 6.07) is 0. The van der Waals surface area contributed by atoms with Crippen molar-refractivity contribution in [2.45, 2.75) is 13.8 Å². The molecule has 1 aromatic rings. The largest absolute Gasteiger partial charge is 0.396 e. The lowest BCUT2D eigenvalue weighted by Crippen LogP contribution is -2.37. The summed E-state index contributed by atoms with van der Waals surface area (Å²) >= 11 is 0. The molecule has 0 radical (unpaired) electrons. The molecule has 6 heteroatoms. The Morgan fingerprint density at radius 3 is 2.82 bits per heavy atom.